The van der Waals surface area contributed by atoms with E-state index in [-0.39, 0.29) is 0 Å². The normalized spacial score (nSPS) is 16.2. The summed E-state index contributed by atoms with van der Waals surface area (Å²) in [5.74, 6) is 2.21. The van der Waals surface area contributed by atoms with Gasteiger partial charge in [0.2, 0.25) is 0 Å². The molecule has 0 bridgehead atoms. The van der Waals surface area contributed by atoms with Gasteiger partial charge in [-0.2, -0.15) is 13.2 Å². The van der Waals surface area contributed by atoms with Crippen LogP contribution in [0.2, 0.25) is 19.6 Å². The largest absolute Gasteiger partial charge is 0.420 e. The second-order valence-electron chi connectivity index (χ2n) is 6.35. The topological polar surface area (TPSA) is 52.5 Å². The Hall–Kier alpha value is -1.33. The number of rotatable bonds is 5. The maximum atomic E-state index is 13.6. The predicted octanol–water partition coefficient (Wildman–Crippen LogP) is 2.48. The van der Waals surface area contributed by atoms with Crippen LogP contribution in [0.1, 0.15) is 11.6 Å². The van der Waals surface area contributed by atoms with Gasteiger partial charge in [0, 0.05) is 0 Å². The average Bonchev–Trinajstić information content (AvgIpc) is 2.46. The molecule has 128 valence electrons. The first kappa shape index (κ1) is 19.7. The monoisotopic (exact) mass is 345 g/mol. The van der Waals surface area contributed by atoms with Crippen LogP contribution in [0.5, 0.6) is 0 Å². The van der Waals surface area contributed by atoms with Crippen molar-refractivity contribution in [3.05, 3.63) is 35.9 Å². The van der Waals surface area contributed by atoms with E-state index in [1.807, 2.05) is 19.6 Å². The highest BCUT2D eigenvalue weighted by Crippen LogP contribution is 2.32. The minimum atomic E-state index is -4.78. The maximum absolute atomic E-state index is 13.6. The van der Waals surface area contributed by atoms with Crippen LogP contribution >= 0.6 is 0 Å². The smallest absolute Gasteiger partial charge is 0.394 e. The van der Waals surface area contributed by atoms with Gasteiger partial charge in [0.1, 0.15) is 8.07 Å². The van der Waals surface area contributed by atoms with Gasteiger partial charge in [-0.1, -0.05) is 55.9 Å². The van der Waals surface area contributed by atoms with Crippen LogP contribution in [0, 0.1) is 11.5 Å². The van der Waals surface area contributed by atoms with Crippen molar-refractivity contribution in [2.24, 2.45) is 0 Å². The van der Waals surface area contributed by atoms with Crippen molar-refractivity contribution in [1.82, 2.24) is 5.32 Å². The van der Waals surface area contributed by atoms with Gasteiger partial charge in [0.25, 0.3) is 0 Å². The Labute approximate surface area is 135 Å². The summed E-state index contributed by atoms with van der Waals surface area (Å²) in [6.07, 6.45) is -4.78. The molecule has 0 spiro atoms. The van der Waals surface area contributed by atoms with Crippen LogP contribution in [0.15, 0.2) is 30.3 Å². The van der Waals surface area contributed by atoms with Crippen molar-refractivity contribution >= 4 is 8.07 Å². The molecular formula is C16H22F3NO2Si. The molecule has 0 heterocycles. The molecular weight excluding hydrogens is 323 g/mol. The van der Waals surface area contributed by atoms with E-state index >= 15 is 0 Å². The molecule has 2 atom stereocenters. The number of hydrogen-bond acceptors (Lipinski definition) is 3. The second kappa shape index (κ2) is 7.49. The predicted molar refractivity (Wildman–Crippen MR) is 86.4 cm³/mol. The van der Waals surface area contributed by atoms with Gasteiger partial charge in [-0.15, -0.1) is 5.54 Å². The lowest BCUT2D eigenvalue weighted by atomic mass is 9.97. The third kappa shape index (κ3) is 5.36. The van der Waals surface area contributed by atoms with Gasteiger partial charge in [0.15, 0.2) is 5.54 Å². The van der Waals surface area contributed by atoms with E-state index in [4.69, 9.17) is 0 Å². The minimum Gasteiger partial charge on any atom is -0.394 e. The SMILES string of the molecule is C[Si](C)(C)C#C[C@](CO)(N[C@@H](CO)c1ccccc1)C(F)(F)F. The Balaban J connectivity index is 3.26. The molecule has 0 aromatic heterocycles. The van der Waals surface area contributed by atoms with Crippen molar-refractivity contribution in [3.8, 4) is 11.5 Å². The van der Waals surface area contributed by atoms with Gasteiger partial charge in [-0.3, -0.25) is 5.32 Å². The summed E-state index contributed by atoms with van der Waals surface area (Å²) in [6.45, 7) is 3.69. The molecule has 0 unspecified atom stereocenters. The van der Waals surface area contributed by atoms with Crippen LogP contribution in [-0.4, -0.2) is 43.2 Å². The molecule has 0 aliphatic rings. The van der Waals surface area contributed by atoms with Crippen molar-refractivity contribution in [2.45, 2.75) is 37.4 Å². The van der Waals surface area contributed by atoms with Crippen molar-refractivity contribution in [3.63, 3.8) is 0 Å². The minimum absolute atomic E-state index is 0.492. The van der Waals surface area contributed by atoms with Crippen LogP contribution in [0.25, 0.3) is 0 Å². The van der Waals surface area contributed by atoms with E-state index in [1.54, 1.807) is 30.3 Å². The first-order valence-electron chi connectivity index (χ1n) is 7.20. The van der Waals surface area contributed by atoms with E-state index in [0.717, 1.165) is 0 Å². The standard InChI is InChI=1S/C16H22F3NO2Si/c1-23(2,3)10-9-15(12-22,16(17,18)19)20-14(11-21)13-7-5-4-6-8-13/h4-8,14,20-22H,11-12H2,1-3H3/t14-,15+/m0/s1. The molecule has 0 saturated carbocycles. The zero-order valence-electron chi connectivity index (χ0n) is 13.4. The molecule has 3 N–H and O–H groups in total. The third-order valence-corrected chi connectivity index (χ3v) is 4.05. The molecule has 23 heavy (non-hydrogen) atoms. The number of aliphatic hydroxyl groups excluding tert-OH is 2. The van der Waals surface area contributed by atoms with E-state index in [9.17, 15) is 23.4 Å². The van der Waals surface area contributed by atoms with Gasteiger partial charge in [0.05, 0.1) is 19.3 Å². The van der Waals surface area contributed by atoms with Gasteiger partial charge in [-0.25, -0.2) is 0 Å². The number of aliphatic hydroxyl groups is 2. The Bertz CT molecular complexity index is 561. The summed E-state index contributed by atoms with van der Waals surface area (Å²) in [5, 5.41) is 21.2. The third-order valence-electron chi connectivity index (χ3n) is 3.18. The van der Waals surface area contributed by atoms with E-state index in [2.05, 4.69) is 16.8 Å². The summed E-state index contributed by atoms with van der Waals surface area (Å²) >= 11 is 0. The molecule has 0 aliphatic carbocycles. The number of hydrogen-bond donors (Lipinski definition) is 3. The molecule has 0 fully saturated rings. The zero-order chi connectivity index (χ0) is 17.7. The fourth-order valence-electron chi connectivity index (χ4n) is 1.87. The molecule has 0 amide bonds. The quantitative estimate of drug-likeness (QED) is 0.568. The highest BCUT2D eigenvalue weighted by Gasteiger charge is 2.54. The summed E-state index contributed by atoms with van der Waals surface area (Å²) in [5.41, 5.74) is 0.391. The van der Waals surface area contributed by atoms with Crippen LogP contribution in [0.4, 0.5) is 13.2 Å². The van der Waals surface area contributed by atoms with E-state index < -0.39 is 39.0 Å². The molecule has 0 aliphatic heterocycles. The highest BCUT2D eigenvalue weighted by atomic mass is 28.3. The first-order valence-corrected chi connectivity index (χ1v) is 10.7. The number of benzene rings is 1. The van der Waals surface area contributed by atoms with Gasteiger partial charge < -0.3 is 10.2 Å². The second-order valence-corrected chi connectivity index (χ2v) is 11.1. The lowest BCUT2D eigenvalue weighted by Crippen LogP contribution is -2.60. The maximum Gasteiger partial charge on any atom is 0.420 e. The summed E-state index contributed by atoms with van der Waals surface area (Å²) in [4.78, 5) is 0. The first-order chi connectivity index (χ1) is 10.5. The van der Waals surface area contributed by atoms with Crippen LogP contribution < -0.4 is 5.32 Å². The molecule has 3 nitrogen and oxygen atoms in total. The Morgan fingerprint density at radius 3 is 2.09 bits per heavy atom. The Morgan fingerprint density at radius 1 is 1.13 bits per heavy atom. The molecule has 1 rings (SSSR count). The van der Waals surface area contributed by atoms with Crippen molar-refractivity contribution < 1.29 is 23.4 Å². The van der Waals surface area contributed by atoms with Gasteiger partial charge in [-0.05, 0) is 5.56 Å². The fourth-order valence-corrected chi connectivity index (χ4v) is 2.46. The van der Waals surface area contributed by atoms with Crippen molar-refractivity contribution in [1.29, 1.82) is 0 Å². The summed E-state index contributed by atoms with van der Waals surface area (Å²) < 4.78 is 40.7. The molecule has 0 saturated heterocycles. The Morgan fingerprint density at radius 2 is 1.70 bits per heavy atom. The fraction of sp³-hybridized carbons (Fsp3) is 0.500. The van der Waals surface area contributed by atoms with Crippen molar-refractivity contribution in [2.75, 3.05) is 13.2 Å². The lowest BCUT2D eigenvalue weighted by molar-refractivity contribution is -0.190. The molecule has 0 radical (unpaired) electrons. The van der Waals surface area contributed by atoms with E-state index in [1.165, 1.54) is 0 Å². The van der Waals surface area contributed by atoms with Gasteiger partial charge >= 0.3 is 6.18 Å². The summed E-state index contributed by atoms with van der Waals surface area (Å²) in [6, 6.07) is 7.30. The van der Waals surface area contributed by atoms with Crippen LogP contribution in [-0.2, 0) is 0 Å². The van der Waals surface area contributed by atoms with E-state index in [0.29, 0.717) is 5.56 Å². The molecule has 7 heteroatoms. The highest BCUT2D eigenvalue weighted by molar-refractivity contribution is 6.83. The van der Waals surface area contributed by atoms with Crippen LogP contribution in [0.3, 0.4) is 0 Å². The lowest BCUT2D eigenvalue weighted by Gasteiger charge is -2.34. The summed E-state index contributed by atoms with van der Waals surface area (Å²) in [7, 11) is -2.08. The molecule has 1 aromatic rings. The number of halogens is 3. The average molecular weight is 345 g/mol. The number of alkyl halides is 3. The Kier molecular flexibility index (Phi) is 6.42. The number of nitrogens with one attached hydrogen (secondary N) is 1. The zero-order valence-corrected chi connectivity index (χ0v) is 14.4. The molecule has 1 aromatic carbocycles.